The maximum atomic E-state index is 10.9. The smallest absolute Gasteiger partial charge is 0.338 e. The van der Waals surface area contributed by atoms with E-state index in [1.54, 1.807) is 0 Å². The van der Waals surface area contributed by atoms with Crippen molar-refractivity contribution < 1.29 is 33.1 Å². The highest BCUT2D eigenvalue weighted by atomic mass is 31.2. The number of phosphoric ester groups is 1. The van der Waals surface area contributed by atoms with Gasteiger partial charge in [-0.1, -0.05) is 0 Å². The zero-order valence-corrected chi connectivity index (χ0v) is 6.78. The van der Waals surface area contributed by atoms with Gasteiger partial charge in [0, 0.05) is 6.92 Å². The van der Waals surface area contributed by atoms with Crippen LogP contribution in [0.2, 0.25) is 0 Å². The molecule has 68 valence electrons. The van der Waals surface area contributed by atoms with Crippen molar-refractivity contribution in [3.05, 3.63) is 0 Å². The van der Waals surface area contributed by atoms with Crippen LogP contribution in [0.3, 0.4) is 0 Å². The molecule has 0 unspecified atom stereocenters. The molecule has 2 bridgehead atoms. The molecule has 0 aliphatic carbocycles. The Bertz CT molecular complexity index is 297. The molecule has 2 N–H and O–H groups in total. The Morgan fingerprint density at radius 3 is 2.00 bits per heavy atom. The van der Waals surface area contributed by atoms with Gasteiger partial charge in [-0.05, 0) is 0 Å². The lowest BCUT2D eigenvalue weighted by Crippen LogP contribution is -2.58. The molecule has 3 heterocycles. The third kappa shape index (κ3) is 0.687. The number of ketones is 1. The SMILES string of the molecule is CC(=O)C12OP(=O)(OC1(O)O)O2. The Morgan fingerprint density at radius 1 is 1.33 bits per heavy atom. The second-order valence-electron chi connectivity index (χ2n) is 2.50. The Balaban J connectivity index is 2.44. The van der Waals surface area contributed by atoms with Gasteiger partial charge in [-0.2, -0.15) is 0 Å². The van der Waals surface area contributed by atoms with E-state index in [0.29, 0.717) is 0 Å². The minimum absolute atomic E-state index is 0.823. The molecule has 3 rings (SSSR count). The van der Waals surface area contributed by atoms with Crippen molar-refractivity contribution in [3.63, 3.8) is 0 Å². The highest BCUT2D eigenvalue weighted by Crippen LogP contribution is 2.76. The number of phosphoric acid groups is 1. The molecule has 0 saturated carbocycles. The van der Waals surface area contributed by atoms with Gasteiger partial charge in [0.2, 0.25) is 0 Å². The average Bonchev–Trinajstić information content (AvgIpc) is 2.08. The lowest BCUT2D eigenvalue weighted by molar-refractivity contribution is -0.361. The van der Waals surface area contributed by atoms with Crippen molar-refractivity contribution in [2.45, 2.75) is 18.7 Å². The molecule has 0 amide bonds. The van der Waals surface area contributed by atoms with Gasteiger partial charge in [0.15, 0.2) is 5.78 Å². The zero-order valence-electron chi connectivity index (χ0n) is 5.88. The maximum absolute atomic E-state index is 10.9. The Morgan fingerprint density at radius 2 is 1.83 bits per heavy atom. The van der Waals surface area contributed by atoms with E-state index in [1.807, 2.05) is 0 Å². The molecule has 3 aliphatic rings. The van der Waals surface area contributed by atoms with Gasteiger partial charge in [-0.3, -0.25) is 4.79 Å². The van der Waals surface area contributed by atoms with Gasteiger partial charge in [0.05, 0.1) is 0 Å². The largest absolute Gasteiger partial charge is 0.485 e. The Hall–Kier alpha value is -0.300. The molecule has 0 aromatic rings. The summed E-state index contributed by atoms with van der Waals surface area (Å²) in [6.07, 6.45) is 0. The monoisotopic (exact) mass is 196 g/mol. The molecule has 0 radical (unpaired) electrons. The lowest BCUT2D eigenvalue weighted by Gasteiger charge is -2.33. The summed E-state index contributed by atoms with van der Waals surface area (Å²) in [5.74, 6) is -6.09. The van der Waals surface area contributed by atoms with E-state index >= 15 is 0 Å². The normalized spacial score (nSPS) is 48.6. The van der Waals surface area contributed by atoms with Crippen LogP contribution in [0.15, 0.2) is 0 Å². The fraction of sp³-hybridized carbons (Fsp3) is 0.750. The molecule has 12 heavy (non-hydrogen) atoms. The summed E-state index contributed by atoms with van der Waals surface area (Å²) < 4.78 is 23.7. The van der Waals surface area contributed by atoms with E-state index in [1.165, 1.54) is 0 Å². The average molecular weight is 196 g/mol. The first-order valence-corrected chi connectivity index (χ1v) is 4.45. The molecule has 0 atom stereocenters. The third-order valence-electron chi connectivity index (χ3n) is 1.61. The van der Waals surface area contributed by atoms with Crippen molar-refractivity contribution >= 4 is 13.6 Å². The highest BCUT2D eigenvalue weighted by Gasteiger charge is 2.82. The van der Waals surface area contributed by atoms with Crippen LogP contribution < -0.4 is 0 Å². The van der Waals surface area contributed by atoms with Crippen LogP contribution in [0.4, 0.5) is 0 Å². The van der Waals surface area contributed by atoms with Crippen molar-refractivity contribution in [2.24, 2.45) is 0 Å². The molecule has 7 nitrogen and oxygen atoms in total. The second-order valence-corrected chi connectivity index (χ2v) is 3.94. The number of rotatable bonds is 1. The standard InChI is InChI=1S/C4H5O7P/c1-2(5)3-4(6,7)11-12(8,9-3)10-3/h6-7H,1H3. The summed E-state index contributed by atoms with van der Waals surface area (Å²) in [5.41, 5.74) is 0. The first-order valence-electron chi connectivity index (χ1n) is 2.99. The molecule has 0 aromatic carbocycles. The number of Topliss-reactive ketones (excluding diaryl/α,β-unsaturated/α-hetero) is 1. The van der Waals surface area contributed by atoms with Crippen LogP contribution in [-0.2, 0) is 22.9 Å². The summed E-state index contributed by atoms with van der Waals surface area (Å²) in [6.45, 7) is 0.999. The van der Waals surface area contributed by atoms with E-state index < -0.39 is 25.4 Å². The van der Waals surface area contributed by atoms with Crippen LogP contribution in [0.1, 0.15) is 6.92 Å². The minimum atomic E-state index is -3.86. The van der Waals surface area contributed by atoms with E-state index in [4.69, 9.17) is 10.2 Å². The van der Waals surface area contributed by atoms with Crippen molar-refractivity contribution in [2.75, 3.05) is 0 Å². The van der Waals surface area contributed by atoms with Crippen LogP contribution in [0.5, 0.6) is 0 Å². The Labute approximate surface area is 66.5 Å². The molecular formula is C4H5O7P. The third-order valence-corrected chi connectivity index (χ3v) is 3.05. The number of carbonyl (C=O) groups excluding carboxylic acids is 1. The molecule has 0 spiro atoms. The highest BCUT2D eigenvalue weighted by molar-refractivity contribution is 7.50. The Kier molecular flexibility index (Phi) is 1.24. The van der Waals surface area contributed by atoms with Crippen LogP contribution in [0, 0.1) is 0 Å². The van der Waals surface area contributed by atoms with E-state index in [-0.39, 0.29) is 0 Å². The van der Waals surface area contributed by atoms with Gasteiger partial charge in [0.25, 0.3) is 0 Å². The fourth-order valence-electron chi connectivity index (χ4n) is 1.05. The maximum Gasteiger partial charge on any atom is 0.485 e. The fourth-order valence-corrected chi connectivity index (χ4v) is 2.70. The molecule has 8 heteroatoms. The van der Waals surface area contributed by atoms with Gasteiger partial charge in [-0.15, -0.1) is 0 Å². The van der Waals surface area contributed by atoms with Crippen LogP contribution in [-0.4, -0.2) is 27.8 Å². The first kappa shape index (κ1) is 8.31. The van der Waals surface area contributed by atoms with E-state index in [0.717, 1.165) is 6.92 Å². The van der Waals surface area contributed by atoms with Crippen LogP contribution in [0.25, 0.3) is 0 Å². The molecule has 0 aromatic heterocycles. The second kappa shape index (κ2) is 1.79. The van der Waals surface area contributed by atoms with Gasteiger partial charge in [-0.25, -0.2) is 18.1 Å². The molecule has 3 fully saturated rings. The summed E-state index contributed by atoms with van der Waals surface area (Å²) in [4.78, 5) is 10.8. The van der Waals surface area contributed by atoms with Crippen LogP contribution >= 0.6 is 7.82 Å². The number of hydrogen-bond acceptors (Lipinski definition) is 7. The lowest BCUT2D eigenvalue weighted by atomic mass is 10.1. The van der Waals surface area contributed by atoms with Crippen molar-refractivity contribution in [1.82, 2.24) is 0 Å². The number of carbonyl (C=O) groups is 1. The number of hydrogen-bond donors (Lipinski definition) is 2. The van der Waals surface area contributed by atoms with E-state index in [9.17, 15) is 9.36 Å². The van der Waals surface area contributed by atoms with Gasteiger partial charge >= 0.3 is 19.6 Å². The zero-order chi connectivity index (χ0) is 9.20. The quantitative estimate of drug-likeness (QED) is 0.413. The molecule has 3 aliphatic heterocycles. The molecule has 3 saturated heterocycles. The predicted octanol–water partition coefficient (Wildman–Crippen LogP) is -0.905. The summed E-state index contributed by atoms with van der Waals surface area (Å²) in [5, 5.41) is 18.0. The summed E-state index contributed by atoms with van der Waals surface area (Å²) >= 11 is 0. The number of aliphatic hydroxyl groups is 2. The number of fused-ring (bicyclic) bond motifs is 1. The summed E-state index contributed by atoms with van der Waals surface area (Å²) in [7, 11) is -3.86. The van der Waals surface area contributed by atoms with Crippen molar-refractivity contribution in [1.29, 1.82) is 0 Å². The summed E-state index contributed by atoms with van der Waals surface area (Å²) in [6, 6.07) is 0. The first-order chi connectivity index (χ1) is 5.31. The predicted molar refractivity (Wildman–Crippen MR) is 31.4 cm³/mol. The van der Waals surface area contributed by atoms with Gasteiger partial charge < -0.3 is 10.2 Å². The van der Waals surface area contributed by atoms with Gasteiger partial charge in [0.1, 0.15) is 0 Å². The minimum Gasteiger partial charge on any atom is -0.338 e. The molecular weight excluding hydrogens is 191 g/mol. The van der Waals surface area contributed by atoms with Crippen molar-refractivity contribution in [3.8, 4) is 0 Å². The topological polar surface area (TPSA) is 102 Å². The van der Waals surface area contributed by atoms with E-state index in [2.05, 4.69) is 13.6 Å².